The highest BCUT2D eigenvalue weighted by Crippen LogP contribution is 2.40. The molecule has 2 heterocycles. The highest BCUT2D eigenvalue weighted by Gasteiger charge is 2.35. The molecule has 4 rings (SSSR count). The van der Waals surface area contributed by atoms with Crippen LogP contribution < -0.4 is 4.74 Å². The van der Waals surface area contributed by atoms with Crippen molar-refractivity contribution in [1.82, 2.24) is 9.78 Å². The lowest BCUT2D eigenvalue weighted by molar-refractivity contribution is -0.223. The van der Waals surface area contributed by atoms with Crippen LogP contribution in [0.25, 0.3) is 0 Å². The summed E-state index contributed by atoms with van der Waals surface area (Å²) in [6.07, 6.45) is -1.45. The molecule has 0 saturated heterocycles. The number of hydrogen-bond donors (Lipinski definition) is 1. The minimum Gasteiger partial charge on any atom is -0.443 e. The van der Waals surface area contributed by atoms with Gasteiger partial charge in [0.25, 0.3) is 0 Å². The molecule has 0 aliphatic carbocycles. The van der Waals surface area contributed by atoms with Crippen molar-refractivity contribution in [3.63, 3.8) is 0 Å². The minimum atomic E-state index is -1.28. The SMILES string of the molecule is O=Cc1nn(Cc2ccccc2)c2c1[C@H](O)O[C@@H](c1ccccc1)O2. The lowest BCUT2D eigenvalue weighted by atomic mass is 10.2. The number of aliphatic hydroxyl groups is 1. The molecule has 0 fully saturated rings. The van der Waals surface area contributed by atoms with Crippen LogP contribution >= 0.6 is 0 Å². The Labute approximate surface area is 144 Å². The van der Waals surface area contributed by atoms with Gasteiger partial charge >= 0.3 is 0 Å². The number of carbonyl (C=O) groups excluding carboxylic acids is 1. The van der Waals surface area contributed by atoms with E-state index in [1.807, 2.05) is 60.7 Å². The third-order valence-electron chi connectivity index (χ3n) is 4.05. The molecule has 1 aliphatic heterocycles. The Bertz CT molecular complexity index is 877. The Morgan fingerprint density at radius 3 is 2.44 bits per heavy atom. The number of nitrogens with zero attached hydrogens (tertiary/aromatic N) is 2. The lowest BCUT2D eigenvalue weighted by Gasteiger charge is -2.28. The number of aldehydes is 1. The smallest absolute Gasteiger partial charge is 0.231 e. The Hall–Kier alpha value is -2.96. The van der Waals surface area contributed by atoms with E-state index in [1.54, 1.807) is 4.68 Å². The van der Waals surface area contributed by atoms with Gasteiger partial charge in [-0.05, 0) is 5.56 Å². The first-order chi connectivity index (χ1) is 12.3. The van der Waals surface area contributed by atoms with E-state index in [0.29, 0.717) is 18.7 Å². The first-order valence-electron chi connectivity index (χ1n) is 7.91. The van der Waals surface area contributed by atoms with Crippen LogP contribution in [0.4, 0.5) is 0 Å². The second kappa shape index (κ2) is 6.51. The normalized spacial score (nSPS) is 19.1. The van der Waals surface area contributed by atoms with Crippen molar-refractivity contribution < 1.29 is 19.4 Å². The van der Waals surface area contributed by atoms with Crippen LogP contribution in [0, 0.1) is 0 Å². The molecule has 0 amide bonds. The Morgan fingerprint density at radius 1 is 1.08 bits per heavy atom. The van der Waals surface area contributed by atoms with Crippen molar-refractivity contribution in [3.05, 3.63) is 83.0 Å². The Balaban J connectivity index is 1.73. The van der Waals surface area contributed by atoms with E-state index in [9.17, 15) is 9.90 Å². The average molecular weight is 336 g/mol. The van der Waals surface area contributed by atoms with Gasteiger partial charge in [-0.15, -0.1) is 0 Å². The van der Waals surface area contributed by atoms with E-state index in [1.165, 1.54) is 0 Å². The maximum Gasteiger partial charge on any atom is 0.231 e. The van der Waals surface area contributed by atoms with Gasteiger partial charge in [-0.3, -0.25) is 4.79 Å². The largest absolute Gasteiger partial charge is 0.443 e. The fraction of sp³-hybridized carbons (Fsp3) is 0.158. The third-order valence-corrected chi connectivity index (χ3v) is 4.05. The van der Waals surface area contributed by atoms with Gasteiger partial charge in [-0.2, -0.15) is 5.10 Å². The fourth-order valence-corrected chi connectivity index (χ4v) is 2.86. The zero-order valence-electron chi connectivity index (χ0n) is 13.3. The molecule has 6 nitrogen and oxygen atoms in total. The molecule has 2 aromatic carbocycles. The molecule has 2 atom stereocenters. The van der Waals surface area contributed by atoms with Crippen molar-refractivity contribution in [2.75, 3.05) is 0 Å². The van der Waals surface area contributed by atoms with E-state index in [2.05, 4.69) is 5.10 Å². The molecule has 0 radical (unpaired) electrons. The van der Waals surface area contributed by atoms with Gasteiger partial charge in [-0.25, -0.2) is 4.68 Å². The Morgan fingerprint density at radius 2 is 1.76 bits per heavy atom. The summed E-state index contributed by atoms with van der Waals surface area (Å²) in [7, 11) is 0. The number of aliphatic hydroxyl groups excluding tert-OH is 1. The van der Waals surface area contributed by atoms with Crippen molar-refractivity contribution in [1.29, 1.82) is 0 Å². The quantitative estimate of drug-likeness (QED) is 0.742. The van der Waals surface area contributed by atoms with Crippen LogP contribution in [-0.2, 0) is 11.3 Å². The maximum atomic E-state index is 11.3. The highest BCUT2D eigenvalue weighted by molar-refractivity contribution is 5.75. The van der Waals surface area contributed by atoms with Crippen molar-refractivity contribution >= 4 is 6.29 Å². The second-order valence-corrected chi connectivity index (χ2v) is 5.71. The van der Waals surface area contributed by atoms with Gasteiger partial charge in [0.05, 0.1) is 6.54 Å². The van der Waals surface area contributed by atoms with Crippen LogP contribution in [0.15, 0.2) is 60.7 Å². The molecular formula is C19H16N2O4. The van der Waals surface area contributed by atoms with E-state index in [0.717, 1.165) is 11.1 Å². The summed E-state index contributed by atoms with van der Waals surface area (Å²) in [4.78, 5) is 11.3. The first kappa shape index (κ1) is 15.6. The summed E-state index contributed by atoms with van der Waals surface area (Å²) in [5.74, 6) is 0.346. The minimum absolute atomic E-state index is 0.116. The molecular weight excluding hydrogens is 320 g/mol. The molecule has 6 heteroatoms. The molecule has 1 N–H and O–H groups in total. The molecule has 0 bridgehead atoms. The van der Waals surface area contributed by atoms with Gasteiger partial charge in [0.2, 0.25) is 12.2 Å². The third kappa shape index (κ3) is 2.93. The standard InChI is InChI=1S/C19H16N2O4/c22-12-15-16-17(21(20-15)11-13-7-3-1-4-8-13)24-19(25-18(16)23)14-9-5-2-6-10-14/h1-10,12,18-19,23H,11H2/t18-,19+/m1/s1. The second-order valence-electron chi connectivity index (χ2n) is 5.71. The topological polar surface area (TPSA) is 73.6 Å². The van der Waals surface area contributed by atoms with Crippen molar-refractivity contribution in [3.8, 4) is 5.88 Å². The average Bonchev–Trinajstić information content (AvgIpc) is 3.01. The first-order valence-corrected chi connectivity index (χ1v) is 7.91. The van der Waals surface area contributed by atoms with Gasteiger partial charge in [0.1, 0.15) is 11.3 Å². The summed E-state index contributed by atoms with van der Waals surface area (Å²) >= 11 is 0. The summed E-state index contributed by atoms with van der Waals surface area (Å²) in [5.41, 5.74) is 2.15. The molecule has 0 spiro atoms. The van der Waals surface area contributed by atoms with Crippen LogP contribution in [0.3, 0.4) is 0 Å². The number of ether oxygens (including phenoxy) is 2. The van der Waals surface area contributed by atoms with Crippen LogP contribution in [0.2, 0.25) is 0 Å². The van der Waals surface area contributed by atoms with E-state index < -0.39 is 12.6 Å². The van der Waals surface area contributed by atoms with Gasteiger partial charge in [0.15, 0.2) is 12.6 Å². The predicted molar refractivity (Wildman–Crippen MR) is 89.0 cm³/mol. The van der Waals surface area contributed by atoms with E-state index >= 15 is 0 Å². The summed E-state index contributed by atoms with van der Waals surface area (Å²) < 4.78 is 13.0. The highest BCUT2D eigenvalue weighted by atomic mass is 16.7. The lowest BCUT2D eigenvalue weighted by Crippen LogP contribution is -2.23. The fourth-order valence-electron chi connectivity index (χ4n) is 2.86. The molecule has 126 valence electrons. The number of fused-ring (bicyclic) bond motifs is 1. The predicted octanol–water partition coefficient (Wildman–Crippen LogP) is 2.84. The molecule has 1 aromatic heterocycles. The van der Waals surface area contributed by atoms with Crippen LogP contribution in [0.5, 0.6) is 5.88 Å². The maximum absolute atomic E-state index is 11.3. The molecule has 0 unspecified atom stereocenters. The van der Waals surface area contributed by atoms with Crippen LogP contribution in [-0.4, -0.2) is 21.2 Å². The number of benzene rings is 2. The van der Waals surface area contributed by atoms with Crippen molar-refractivity contribution in [2.45, 2.75) is 19.1 Å². The number of aromatic nitrogens is 2. The molecule has 0 saturated carbocycles. The van der Waals surface area contributed by atoms with Crippen LogP contribution in [0.1, 0.15) is 39.8 Å². The van der Waals surface area contributed by atoms with E-state index in [-0.39, 0.29) is 11.3 Å². The van der Waals surface area contributed by atoms with Crippen molar-refractivity contribution in [2.24, 2.45) is 0 Å². The summed E-state index contributed by atoms with van der Waals surface area (Å²) in [6.45, 7) is 0.422. The number of hydrogen-bond acceptors (Lipinski definition) is 5. The molecule has 1 aliphatic rings. The number of rotatable bonds is 4. The summed E-state index contributed by atoms with van der Waals surface area (Å²) in [6, 6.07) is 19.0. The summed E-state index contributed by atoms with van der Waals surface area (Å²) in [5, 5.41) is 14.6. The zero-order chi connectivity index (χ0) is 17.2. The van der Waals surface area contributed by atoms with Gasteiger partial charge < -0.3 is 14.6 Å². The Kier molecular flexibility index (Phi) is 4.05. The number of carbonyl (C=O) groups is 1. The zero-order valence-corrected chi connectivity index (χ0v) is 13.3. The molecule has 3 aromatic rings. The van der Waals surface area contributed by atoms with E-state index in [4.69, 9.17) is 9.47 Å². The monoisotopic (exact) mass is 336 g/mol. The molecule has 25 heavy (non-hydrogen) atoms. The van der Waals surface area contributed by atoms with Gasteiger partial charge in [-0.1, -0.05) is 60.7 Å². The van der Waals surface area contributed by atoms with Gasteiger partial charge in [0, 0.05) is 5.56 Å².